The van der Waals surface area contributed by atoms with E-state index in [1.807, 2.05) is 0 Å². The van der Waals surface area contributed by atoms with Gasteiger partial charge in [-0.2, -0.15) is 0 Å². The Bertz CT molecular complexity index is 373. The summed E-state index contributed by atoms with van der Waals surface area (Å²) in [5.41, 5.74) is 0.418. The van der Waals surface area contributed by atoms with Crippen molar-refractivity contribution in [1.29, 1.82) is 0 Å². The first-order valence-corrected chi connectivity index (χ1v) is 19.8. The van der Waals surface area contributed by atoms with E-state index < -0.39 is 45.4 Å². The van der Waals surface area contributed by atoms with Crippen molar-refractivity contribution in [3.05, 3.63) is 23.0 Å². The Morgan fingerprint density at radius 2 is 1.45 bits per heavy atom. The van der Waals surface area contributed by atoms with E-state index >= 15 is 0 Å². The minimum Gasteiger partial charge on any atom is -0.438 e. The van der Waals surface area contributed by atoms with Crippen molar-refractivity contribution < 1.29 is 17.8 Å². The van der Waals surface area contributed by atoms with Gasteiger partial charge in [-0.25, -0.2) is 0 Å². The first kappa shape index (κ1) is 22.4. The van der Waals surface area contributed by atoms with Gasteiger partial charge in [0.2, 0.25) is 0 Å². The fourth-order valence-electron chi connectivity index (χ4n) is 1.94. The highest BCUT2D eigenvalue weighted by Gasteiger charge is 2.25. The monoisotopic (exact) mass is 394 g/mol. The Kier molecular flexibility index (Phi) is 11.2. The molecule has 0 aromatic heterocycles. The van der Waals surface area contributed by atoms with Crippen molar-refractivity contribution in [1.82, 2.24) is 0 Å². The molecule has 3 unspecified atom stereocenters. The normalized spacial score (nSPS) is 17.2. The standard InChI is InChI=1S/C13H34O4Si5/c1-11(21(14)16-19(5)6)9-10-13(12(2)18(3)4)22(15)17-20(7)8/h10,12,14-15,18-22H,1,9H2,2-8H3/b13-10+. The highest BCUT2D eigenvalue weighted by atomic mass is 28.4. The zero-order valence-electron chi connectivity index (χ0n) is 15.2. The second kappa shape index (κ2) is 11.0. The van der Waals surface area contributed by atoms with Crippen molar-refractivity contribution in [3.8, 4) is 0 Å². The number of hydrogen-bond donors (Lipinski definition) is 2. The van der Waals surface area contributed by atoms with Crippen LogP contribution in [0, 0.1) is 0 Å². The molecule has 0 radical (unpaired) electrons. The molecule has 0 heterocycles. The summed E-state index contributed by atoms with van der Waals surface area (Å²) in [5.74, 6) is 0. The summed E-state index contributed by atoms with van der Waals surface area (Å²) in [6.45, 7) is 19.0. The van der Waals surface area contributed by atoms with Gasteiger partial charge in [0.15, 0.2) is 18.1 Å². The maximum Gasteiger partial charge on any atom is 0.338 e. The number of allylic oxidation sites excluding steroid dienone is 3. The Morgan fingerprint density at radius 3 is 1.86 bits per heavy atom. The minimum absolute atomic E-state index is 0.418. The fourth-order valence-corrected chi connectivity index (χ4v) is 11.1. The van der Waals surface area contributed by atoms with Crippen LogP contribution in [0.2, 0.25) is 44.8 Å². The van der Waals surface area contributed by atoms with Gasteiger partial charge in [-0.15, -0.1) is 0 Å². The predicted octanol–water partition coefficient (Wildman–Crippen LogP) is 1.24. The molecule has 0 amide bonds. The van der Waals surface area contributed by atoms with Gasteiger partial charge in [0.05, 0.1) is 0 Å². The predicted molar refractivity (Wildman–Crippen MR) is 109 cm³/mol. The van der Waals surface area contributed by atoms with Crippen LogP contribution in [0.3, 0.4) is 0 Å². The molecule has 22 heavy (non-hydrogen) atoms. The molecule has 0 fully saturated rings. The quantitative estimate of drug-likeness (QED) is 0.547. The van der Waals surface area contributed by atoms with Crippen molar-refractivity contribution in [2.75, 3.05) is 0 Å². The Labute approximate surface area is 144 Å². The topological polar surface area (TPSA) is 58.9 Å². The molecule has 0 bridgehead atoms. The smallest absolute Gasteiger partial charge is 0.338 e. The van der Waals surface area contributed by atoms with Gasteiger partial charge in [0, 0.05) is 8.80 Å². The molecule has 0 spiro atoms. The summed E-state index contributed by atoms with van der Waals surface area (Å²) in [7, 11) is -7.96. The fraction of sp³-hybridized carbons (Fsp3) is 0.692. The van der Waals surface area contributed by atoms with E-state index in [0.29, 0.717) is 12.0 Å². The van der Waals surface area contributed by atoms with Crippen LogP contribution in [0.25, 0.3) is 0 Å². The molecule has 130 valence electrons. The van der Waals surface area contributed by atoms with E-state index in [0.717, 1.165) is 10.4 Å². The molecule has 0 aliphatic heterocycles. The molecule has 4 nitrogen and oxygen atoms in total. The first-order valence-electron chi connectivity index (χ1n) is 8.10. The van der Waals surface area contributed by atoms with E-state index in [1.165, 1.54) is 0 Å². The third kappa shape index (κ3) is 8.89. The molecule has 0 rings (SSSR count). The molecular formula is C13H34O4Si5. The lowest BCUT2D eigenvalue weighted by molar-refractivity contribution is 0.430. The maximum atomic E-state index is 10.5. The molecule has 0 saturated carbocycles. The lowest BCUT2D eigenvalue weighted by atomic mass is 10.3. The van der Waals surface area contributed by atoms with Gasteiger partial charge in [0.25, 0.3) is 0 Å². The number of hydrogen-bond acceptors (Lipinski definition) is 4. The average molecular weight is 395 g/mol. The third-order valence-corrected chi connectivity index (χ3v) is 15.0. The van der Waals surface area contributed by atoms with Crippen molar-refractivity contribution in [2.24, 2.45) is 0 Å². The zero-order valence-corrected chi connectivity index (χ0v) is 20.9. The molecule has 0 saturated heterocycles. The van der Waals surface area contributed by atoms with Gasteiger partial charge < -0.3 is 17.8 Å². The lowest BCUT2D eigenvalue weighted by Gasteiger charge is -2.24. The minimum atomic E-state index is -2.29. The SMILES string of the molecule is C=C(C/C=C(\C(C)[SiH](C)C)[SiH](O)O[SiH](C)C)[SiH](O)O[SiH](C)C. The molecule has 0 aromatic rings. The zero-order chi connectivity index (χ0) is 17.4. The summed E-state index contributed by atoms with van der Waals surface area (Å²) < 4.78 is 11.4. The first-order chi connectivity index (χ1) is 10.1. The van der Waals surface area contributed by atoms with Crippen LogP contribution < -0.4 is 0 Å². The van der Waals surface area contributed by atoms with Crippen molar-refractivity contribution in [3.63, 3.8) is 0 Å². The van der Waals surface area contributed by atoms with Crippen LogP contribution in [0.15, 0.2) is 23.0 Å². The van der Waals surface area contributed by atoms with Gasteiger partial charge in [-0.3, -0.25) is 0 Å². The second-order valence-corrected chi connectivity index (χ2v) is 19.4. The van der Waals surface area contributed by atoms with E-state index in [9.17, 15) is 9.59 Å². The third-order valence-electron chi connectivity index (χ3n) is 3.56. The summed E-state index contributed by atoms with van der Waals surface area (Å²) in [5, 5.41) is 1.88. The van der Waals surface area contributed by atoms with Crippen LogP contribution in [0.1, 0.15) is 13.3 Å². The molecule has 2 N–H and O–H groups in total. The van der Waals surface area contributed by atoms with Crippen LogP contribution in [-0.4, -0.2) is 55.0 Å². The Morgan fingerprint density at radius 1 is 1.00 bits per heavy atom. The van der Waals surface area contributed by atoms with E-state index in [-0.39, 0.29) is 0 Å². The molecule has 9 heteroatoms. The molecule has 0 aromatic carbocycles. The Hall–Kier alpha value is 0.404. The van der Waals surface area contributed by atoms with E-state index in [1.54, 1.807) is 0 Å². The maximum absolute atomic E-state index is 10.5. The highest BCUT2D eigenvalue weighted by Crippen LogP contribution is 2.24. The largest absolute Gasteiger partial charge is 0.438 e. The Balaban J connectivity index is 4.97. The van der Waals surface area contributed by atoms with E-state index in [4.69, 9.17) is 8.23 Å². The van der Waals surface area contributed by atoms with Gasteiger partial charge in [0.1, 0.15) is 0 Å². The van der Waals surface area contributed by atoms with Gasteiger partial charge >= 0.3 is 18.6 Å². The highest BCUT2D eigenvalue weighted by molar-refractivity contribution is 6.69. The summed E-state index contributed by atoms with van der Waals surface area (Å²) in [6, 6.07) is 0. The summed E-state index contributed by atoms with van der Waals surface area (Å²) in [4.78, 5) is 20.6. The van der Waals surface area contributed by atoms with Crippen LogP contribution in [0.5, 0.6) is 0 Å². The van der Waals surface area contributed by atoms with Crippen LogP contribution in [0.4, 0.5) is 0 Å². The molecule has 0 aliphatic rings. The van der Waals surface area contributed by atoms with Gasteiger partial charge in [-0.05, 0) is 48.5 Å². The van der Waals surface area contributed by atoms with Crippen LogP contribution in [-0.2, 0) is 8.23 Å². The summed E-state index contributed by atoms with van der Waals surface area (Å²) >= 11 is 0. The lowest BCUT2D eigenvalue weighted by Crippen LogP contribution is -2.32. The van der Waals surface area contributed by atoms with E-state index in [2.05, 4.69) is 58.9 Å². The number of rotatable bonds is 10. The molecular weight excluding hydrogens is 361 g/mol. The average Bonchev–Trinajstić information content (AvgIpc) is 2.36. The summed E-state index contributed by atoms with van der Waals surface area (Å²) in [6.07, 6.45) is 2.66. The second-order valence-electron chi connectivity index (χ2n) is 6.67. The van der Waals surface area contributed by atoms with Crippen molar-refractivity contribution >= 4 is 45.4 Å². The molecule has 3 atom stereocenters. The van der Waals surface area contributed by atoms with Gasteiger partial charge in [-0.1, -0.05) is 32.7 Å². The van der Waals surface area contributed by atoms with Crippen LogP contribution >= 0.6 is 0 Å². The molecule has 0 aliphatic carbocycles. The van der Waals surface area contributed by atoms with Crippen molar-refractivity contribution in [2.45, 2.75) is 58.2 Å².